The van der Waals surface area contributed by atoms with E-state index in [2.05, 4.69) is 15.3 Å². The minimum absolute atomic E-state index is 0.0414. The van der Waals surface area contributed by atoms with E-state index in [1.807, 2.05) is 69.9 Å². The fourth-order valence-electron chi connectivity index (χ4n) is 9.98. The molecular formula is C46H50F2N6O5. The summed E-state index contributed by atoms with van der Waals surface area (Å²) < 4.78 is 43.4. The monoisotopic (exact) mass is 804 g/mol. The molecule has 3 aromatic carbocycles. The van der Waals surface area contributed by atoms with Gasteiger partial charge in [-0.05, 0) is 117 Å². The molecule has 2 bridgehead atoms. The van der Waals surface area contributed by atoms with Gasteiger partial charge in [0.05, 0.1) is 36.8 Å². The van der Waals surface area contributed by atoms with Gasteiger partial charge in [-0.3, -0.25) is 14.7 Å². The van der Waals surface area contributed by atoms with Crippen LogP contribution in [0.25, 0.3) is 33.5 Å². The molecule has 308 valence electrons. The highest BCUT2D eigenvalue weighted by Gasteiger charge is 2.52. The molecule has 1 aromatic heterocycles. The number of carbonyl (C=O) groups is 3. The Bertz CT molecular complexity index is 2400. The molecule has 3 aliphatic heterocycles. The van der Waals surface area contributed by atoms with Crippen LogP contribution >= 0.6 is 0 Å². The molecule has 1 saturated carbocycles. The number of H-pyrrole nitrogens is 1. The van der Waals surface area contributed by atoms with Gasteiger partial charge in [-0.1, -0.05) is 44.2 Å². The van der Waals surface area contributed by atoms with Crippen LogP contribution in [0.4, 0.5) is 24.1 Å². The van der Waals surface area contributed by atoms with Crippen molar-refractivity contribution in [2.24, 2.45) is 16.8 Å². The average molecular weight is 805 g/mol. The Morgan fingerprint density at radius 1 is 0.949 bits per heavy atom. The van der Waals surface area contributed by atoms with Crippen molar-refractivity contribution in [3.05, 3.63) is 83.3 Å². The van der Waals surface area contributed by atoms with E-state index >= 15 is 8.78 Å². The molecule has 0 unspecified atom stereocenters. The summed E-state index contributed by atoms with van der Waals surface area (Å²) in [4.78, 5) is 55.7. The van der Waals surface area contributed by atoms with Crippen LogP contribution in [0.5, 0.6) is 0 Å². The summed E-state index contributed by atoms with van der Waals surface area (Å²) in [7, 11) is 1.29. The topological polar surface area (TPSA) is 129 Å². The third-order valence-electron chi connectivity index (χ3n) is 12.7. The highest BCUT2D eigenvalue weighted by molar-refractivity contribution is 6.02. The van der Waals surface area contributed by atoms with Crippen LogP contribution in [-0.4, -0.2) is 81.0 Å². The number of imidazole rings is 1. The number of hydrogen-bond acceptors (Lipinski definition) is 7. The van der Waals surface area contributed by atoms with Gasteiger partial charge in [-0.15, -0.1) is 0 Å². The zero-order chi connectivity index (χ0) is 41.5. The zero-order valence-electron chi connectivity index (χ0n) is 34.3. The lowest BCUT2D eigenvalue weighted by Gasteiger charge is -2.38. The number of carbonyl (C=O) groups excluding carboxylic acids is 3. The molecule has 4 heterocycles. The number of rotatable bonds is 7. The lowest BCUT2D eigenvalue weighted by molar-refractivity contribution is -0.137. The predicted octanol–water partition coefficient (Wildman–Crippen LogP) is 9.32. The Morgan fingerprint density at radius 3 is 2.36 bits per heavy atom. The molecule has 9 rings (SSSR count). The smallest absolute Gasteiger partial charge is 0.410 e. The third-order valence-corrected chi connectivity index (χ3v) is 12.7. The minimum atomic E-state index is -3.24. The minimum Gasteiger partial charge on any atom is -0.453 e. The van der Waals surface area contributed by atoms with Crippen molar-refractivity contribution in [2.45, 2.75) is 109 Å². The number of aromatic nitrogens is 2. The Hall–Kier alpha value is -5.59. The number of ether oxygens (including phenoxy) is 2. The van der Waals surface area contributed by atoms with Crippen LogP contribution in [0.3, 0.4) is 0 Å². The molecule has 2 aliphatic carbocycles. The summed E-state index contributed by atoms with van der Waals surface area (Å²) in [5.74, 6) is -2.59. The summed E-state index contributed by atoms with van der Waals surface area (Å²) in [5, 5.41) is 2.75. The largest absolute Gasteiger partial charge is 0.453 e. The number of fused-ring (bicyclic) bond motifs is 6. The first-order valence-corrected chi connectivity index (χ1v) is 20.7. The van der Waals surface area contributed by atoms with Crippen LogP contribution in [0.1, 0.15) is 95.3 Å². The number of alkyl carbamates (subject to hydrolysis) is 1. The van der Waals surface area contributed by atoms with E-state index in [1.165, 1.54) is 7.11 Å². The maximum absolute atomic E-state index is 16.5. The number of halogens is 2. The second kappa shape index (κ2) is 14.3. The molecule has 59 heavy (non-hydrogen) atoms. The summed E-state index contributed by atoms with van der Waals surface area (Å²) >= 11 is 0. The lowest BCUT2D eigenvalue weighted by Crippen LogP contribution is -2.57. The van der Waals surface area contributed by atoms with Gasteiger partial charge in [0, 0.05) is 41.4 Å². The molecule has 3 amide bonds. The first kappa shape index (κ1) is 38.9. The van der Waals surface area contributed by atoms with E-state index in [1.54, 1.807) is 35.4 Å². The summed E-state index contributed by atoms with van der Waals surface area (Å²) in [5.41, 5.74) is 5.69. The van der Waals surface area contributed by atoms with Crippen molar-refractivity contribution in [1.82, 2.24) is 25.1 Å². The number of amides is 3. The van der Waals surface area contributed by atoms with Crippen molar-refractivity contribution in [3.63, 3.8) is 0 Å². The lowest BCUT2D eigenvalue weighted by atomic mass is 9.90. The number of benzene rings is 3. The average Bonchev–Trinajstić information content (AvgIpc) is 4.06. The van der Waals surface area contributed by atoms with Crippen molar-refractivity contribution < 1.29 is 32.6 Å². The maximum Gasteiger partial charge on any atom is 0.410 e. The van der Waals surface area contributed by atoms with Crippen molar-refractivity contribution in [3.8, 4) is 33.5 Å². The summed E-state index contributed by atoms with van der Waals surface area (Å²) in [6, 6.07) is 15.2. The Morgan fingerprint density at radius 2 is 1.64 bits per heavy atom. The van der Waals surface area contributed by atoms with Gasteiger partial charge in [-0.2, -0.15) is 8.78 Å². The van der Waals surface area contributed by atoms with E-state index in [4.69, 9.17) is 14.5 Å². The van der Waals surface area contributed by atoms with Crippen LogP contribution in [0.2, 0.25) is 0 Å². The molecule has 0 radical (unpaired) electrons. The van der Waals surface area contributed by atoms with E-state index in [0.29, 0.717) is 52.7 Å². The maximum atomic E-state index is 16.5. The van der Waals surface area contributed by atoms with E-state index in [0.717, 1.165) is 54.6 Å². The fourth-order valence-corrected chi connectivity index (χ4v) is 9.98. The van der Waals surface area contributed by atoms with Gasteiger partial charge in [0.25, 0.3) is 5.92 Å². The van der Waals surface area contributed by atoms with Gasteiger partial charge in [0.15, 0.2) is 0 Å². The van der Waals surface area contributed by atoms with Gasteiger partial charge in [0.1, 0.15) is 17.5 Å². The number of likely N-dealkylation sites (tertiary alicyclic amines) is 2. The number of aromatic amines is 1. The summed E-state index contributed by atoms with van der Waals surface area (Å²) in [6.45, 7) is 9.88. The van der Waals surface area contributed by atoms with Crippen LogP contribution in [0.15, 0.2) is 65.8 Å². The third kappa shape index (κ3) is 6.76. The molecular weight excluding hydrogens is 755 g/mol. The standard InChI is InChI=1S/C46H50F2N6O5/c1-24(2)39(52-43(56)58-6)42(55)54-30-13-9-28(19-30)40(54)36-22-29-18-25(12-16-35(29)50-36)26-10-14-31-32-15-11-27(21-34(32)46(47,48)33(31)20-26)37-23-49-41(51-37)38-8-7-17-53(38)44(57)59-45(3,4)5/h10-12,14-16,18,20-21,23-24,28,30,38-40H,7-9,13,17,19,22H2,1-6H3,(H,49,51)(H,52,56)/t28-,30+,38-,39-,40-/m0/s1. The number of nitrogens with zero attached hydrogens (tertiary/aromatic N) is 4. The Kier molecular flexibility index (Phi) is 9.43. The van der Waals surface area contributed by atoms with E-state index in [9.17, 15) is 14.4 Å². The molecule has 5 atom stereocenters. The highest BCUT2D eigenvalue weighted by Crippen LogP contribution is 2.53. The zero-order valence-corrected chi connectivity index (χ0v) is 34.3. The number of piperidine rings is 1. The molecule has 4 aromatic rings. The summed E-state index contributed by atoms with van der Waals surface area (Å²) in [6.07, 6.45) is 5.55. The fraction of sp³-hybridized carbons (Fsp3) is 0.457. The molecule has 3 fully saturated rings. The normalized spacial score (nSPS) is 22.9. The second-order valence-electron chi connectivity index (χ2n) is 18.0. The van der Waals surface area contributed by atoms with Crippen LogP contribution in [-0.2, 0) is 26.6 Å². The molecule has 0 spiro atoms. The quantitative estimate of drug-likeness (QED) is 0.192. The molecule has 13 heteroatoms. The second-order valence-corrected chi connectivity index (χ2v) is 18.0. The number of nitrogens with one attached hydrogen (secondary N) is 2. The van der Waals surface area contributed by atoms with E-state index in [-0.39, 0.29) is 41.1 Å². The van der Waals surface area contributed by atoms with Crippen LogP contribution < -0.4 is 5.32 Å². The van der Waals surface area contributed by atoms with Gasteiger partial charge >= 0.3 is 12.2 Å². The van der Waals surface area contributed by atoms with Gasteiger partial charge in [-0.25, -0.2) is 14.6 Å². The van der Waals surface area contributed by atoms with Gasteiger partial charge in [0.2, 0.25) is 5.91 Å². The first-order chi connectivity index (χ1) is 28.1. The Labute approximate surface area is 342 Å². The van der Waals surface area contributed by atoms with Gasteiger partial charge < -0.3 is 24.7 Å². The molecule has 5 aliphatic rings. The molecule has 2 N–H and O–H groups in total. The van der Waals surface area contributed by atoms with Crippen molar-refractivity contribution in [2.75, 3.05) is 13.7 Å². The first-order valence-electron chi connectivity index (χ1n) is 20.7. The van der Waals surface area contributed by atoms with Crippen molar-refractivity contribution in [1.29, 1.82) is 0 Å². The highest BCUT2D eigenvalue weighted by atomic mass is 19.3. The molecule has 2 saturated heterocycles. The molecule has 11 nitrogen and oxygen atoms in total. The number of alkyl halides is 2. The van der Waals surface area contributed by atoms with Crippen LogP contribution in [0, 0.1) is 11.8 Å². The Balaban J connectivity index is 0.933. The van der Waals surface area contributed by atoms with E-state index < -0.39 is 29.8 Å². The number of hydrogen-bond donors (Lipinski definition) is 2. The van der Waals surface area contributed by atoms with Crippen molar-refractivity contribution >= 4 is 29.5 Å². The SMILES string of the molecule is COC(=O)N[C@H](C(=O)N1[C@@H]2CC[C@@H](C2)[C@H]1C1=Nc2ccc(-c3ccc4c(c3)C(F)(F)c3cc(-c5cnc([C@@H]6CCCN6C(=O)OC(C)(C)C)[nH]5)ccc3-4)cc2C1)C(C)C. The number of methoxy groups -OCH3 is 1. The predicted molar refractivity (Wildman–Crippen MR) is 220 cm³/mol. The number of aliphatic imine (C=N–C) groups is 1.